The van der Waals surface area contributed by atoms with Crippen molar-refractivity contribution in [1.82, 2.24) is 10.5 Å². The number of carbonyl (C=O) groups excluding carboxylic acids is 1. The quantitative estimate of drug-likeness (QED) is 0.883. The maximum atomic E-state index is 12.0. The molecule has 2 aromatic rings. The molecule has 1 amide bonds. The molecular weight excluding hydrogens is 242 g/mol. The fourth-order valence-corrected chi connectivity index (χ4v) is 2.26. The summed E-state index contributed by atoms with van der Waals surface area (Å²) < 4.78 is 5.14. The van der Waals surface area contributed by atoms with Crippen LogP contribution < -0.4 is 10.6 Å². The van der Waals surface area contributed by atoms with Crippen molar-refractivity contribution in [2.24, 2.45) is 0 Å². The molecule has 19 heavy (non-hydrogen) atoms. The van der Waals surface area contributed by atoms with Gasteiger partial charge in [-0.15, -0.1) is 0 Å². The van der Waals surface area contributed by atoms with E-state index in [1.165, 1.54) is 0 Å². The van der Waals surface area contributed by atoms with E-state index in [2.05, 4.69) is 15.8 Å². The van der Waals surface area contributed by atoms with Gasteiger partial charge in [-0.05, 0) is 24.9 Å². The Balaban J connectivity index is 1.79. The first-order valence-electron chi connectivity index (χ1n) is 6.39. The van der Waals surface area contributed by atoms with Crippen LogP contribution in [0.4, 0.5) is 5.88 Å². The van der Waals surface area contributed by atoms with Gasteiger partial charge in [-0.3, -0.25) is 10.1 Å². The topological polar surface area (TPSA) is 67.2 Å². The van der Waals surface area contributed by atoms with Crippen LogP contribution in [-0.4, -0.2) is 23.7 Å². The molecule has 1 aliphatic rings. The van der Waals surface area contributed by atoms with Crippen LogP contribution >= 0.6 is 0 Å². The van der Waals surface area contributed by atoms with Crippen molar-refractivity contribution in [3.8, 4) is 11.1 Å². The monoisotopic (exact) mass is 257 g/mol. The molecule has 1 aromatic carbocycles. The Kier molecular flexibility index (Phi) is 3.29. The lowest BCUT2D eigenvalue weighted by Crippen LogP contribution is -2.35. The van der Waals surface area contributed by atoms with E-state index in [1.807, 2.05) is 30.3 Å². The lowest BCUT2D eigenvalue weighted by molar-refractivity contribution is -0.117. The third-order valence-electron chi connectivity index (χ3n) is 3.27. The molecule has 1 atom stereocenters. The number of benzene rings is 1. The number of hydrogen-bond donors (Lipinski definition) is 2. The zero-order chi connectivity index (χ0) is 13.1. The van der Waals surface area contributed by atoms with E-state index < -0.39 is 0 Å². The van der Waals surface area contributed by atoms with Crippen molar-refractivity contribution in [2.45, 2.75) is 18.9 Å². The van der Waals surface area contributed by atoms with E-state index in [9.17, 15) is 4.79 Å². The molecule has 2 heterocycles. The Hall–Kier alpha value is -2.14. The van der Waals surface area contributed by atoms with Crippen molar-refractivity contribution in [3.05, 3.63) is 36.5 Å². The third-order valence-corrected chi connectivity index (χ3v) is 3.27. The molecule has 0 saturated carbocycles. The van der Waals surface area contributed by atoms with Gasteiger partial charge in [0.05, 0.1) is 17.8 Å². The Morgan fingerprint density at radius 1 is 1.37 bits per heavy atom. The van der Waals surface area contributed by atoms with E-state index in [4.69, 9.17) is 4.52 Å². The number of nitrogens with zero attached hydrogens (tertiary/aromatic N) is 1. The van der Waals surface area contributed by atoms with Gasteiger partial charge in [0.2, 0.25) is 11.8 Å². The van der Waals surface area contributed by atoms with Gasteiger partial charge in [0.25, 0.3) is 0 Å². The van der Waals surface area contributed by atoms with Crippen LogP contribution in [0, 0.1) is 0 Å². The molecule has 0 aliphatic carbocycles. The molecular formula is C14H15N3O2. The second-order valence-electron chi connectivity index (χ2n) is 4.57. The molecule has 1 unspecified atom stereocenters. The van der Waals surface area contributed by atoms with Crippen LogP contribution in [0.5, 0.6) is 0 Å². The molecule has 98 valence electrons. The molecule has 1 fully saturated rings. The van der Waals surface area contributed by atoms with Crippen LogP contribution in [0.2, 0.25) is 0 Å². The van der Waals surface area contributed by atoms with Gasteiger partial charge in [-0.25, -0.2) is 0 Å². The summed E-state index contributed by atoms with van der Waals surface area (Å²) in [6.07, 6.45) is 3.51. The first kappa shape index (κ1) is 11.9. The first-order valence-corrected chi connectivity index (χ1v) is 6.39. The summed E-state index contributed by atoms with van der Waals surface area (Å²) in [5.41, 5.74) is 1.77. The number of anilines is 1. The highest BCUT2D eigenvalue weighted by atomic mass is 16.5. The summed E-state index contributed by atoms with van der Waals surface area (Å²) in [4.78, 5) is 12.0. The van der Waals surface area contributed by atoms with Gasteiger partial charge in [0.1, 0.15) is 0 Å². The number of amides is 1. The van der Waals surface area contributed by atoms with Crippen LogP contribution in [0.1, 0.15) is 12.8 Å². The van der Waals surface area contributed by atoms with Gasteiger partial charge in [0.15, 0.2) is 0 Å². The lowest BCUT2D eigenvalue weighted by atomic mass is 10.1. The molecule has 0 bridgehead atoms. The predicted octanol–water partition coefficient (Wildman–Crippen LogP) is 2.03. The number of rotatable bonds is 3. The molecule has 0 spiro atoms. The van der Waals surface area contributed by atoms with E-state index in [0.717, 1.165) is 30.5 Å². The van der Waals surface area contributed by atoms with Gasteiger partial charge in [-0.2, -0.15) is 0 Å². The normalized spacial score (nSPS) is 18.4. The molecule has 5 heteroatoms. The number of hydrogen-bond acceptors (Lipinski definition) is 4. The minimum absolute atomic E-state index is 0.0635. The Labute approximate surface area is 111 Å². The van der Waals surface area contributed by atoms with Crippen LogP contribution in [-0.2, 0) is 4.79 Å². The Bertz CT molecular complexity index is 559. The molecule has 2 N–H and O–H groups in total. The number of nitrogens with one attached hydrogen (secondary N) is 2. The third kappa shape index (κ3) is 2.51. The number of aromatic nitrogens is 1. The minimum Gasteiger partial charge on any atom is -0.338 e. The van der Waals surface area contributed by atoms with Crippen molar-refractivity contribution in [1.29, 1.82) is 0 Å². The summed E-state index contributed by atoms with van der Waals surface area (Å²) in [5, 5.41) is 9.72. The molecule has 1 saturated heterocycles. The van der Waals surface area contributed by atoms with E-state index in [0.29, 0.717) is 5.88 Å². The fourth-order valence-electron chi connectivity index (χ4n) is 2.26. The first-order chi connectivity index (χ1) is 9.34. The zero-order valence-corrected chi connectivity index (χ0v) is 10.4. The molecule has 3 rings (SSSR count). The predicted molar refractivity (Wildman–Crippen MR) is 71.6 cm³/mol. The van der Waals surface area contributed by atoms with E-state index in [1.54, 1.807) is 6.20 Å². The SMILES string of the molecule is O=C(Nc1oncc1-c1ccccc1)C1CCCN1. The van der Waals surface area contributed by atoms with Crippen LogP contribution in [0.25, 0.3) is 11.1 Å². The maximum Gasteiger partial charge on any atom is 0.243 e. The van der Waals surface area contributed by atoms with E-state index >= 15 is 0 Å². The largest absolute Gasteiger partial charge is 0.338 e. The van der Waals surface area contributed by atoms with Crippen molar-refractivity contribution >= 4 is 11.8 Å². The Morgan fingerprint density at radius 2 is 2.21 bits per heavy atom. The molecule has 5 nitrogen and oxygen atoms in total. The molecule has 0 radical (unpaired) electrons. The maximum absolute atomic E-state index is 12.0. The second kappa shape index (κ2) is 5.24. The van der Waals surface area contributed by atoms with Crippen molar-refractivity contribution < 1.29 is 9.32 Å². The minimum atomic E-state index is -0.131. The second-order valence-corrected chi connectivity index (χ2v) is 4.57. The number of carbonyl (C=O) groups is 1. The van der Waals surface area contributed by atoms with Crippen LogP contribution in [0.15, 0.2) is 41.1 Å². The molecule has 1 aliphatic heterocycles. The van der Waals surface area contributed by atoms with Gasteiger partial charge in [-0.1, -0.05) is 35.5 Å². The van der Waals surface area contributed by atoms with Crippen LogP contribution in [0.3, 0.4) is 0 Å². The van der Waals surface area contributed by atoms with E-state index in [-0.39, 0.29) is 11.9 Å². The highest BCUT2D eigenvalue weighted by Gasteiger charge is 2.24. The molecule has 1 aromatic heterocycles. The average Bonchev–Trinajstić information content (AvgIpc) is 3.11. The lowest BCUT2D eigenvalue weighted by Gasteiger charge is -2.09. The van der Waals surface area contributed by atoms with Gasteiger partial charge >= 0.3 is 0 Å². The average molecular weight is 257 g/mol. The van der Waals surface area contributed by atoms with Crippen molar-refractivity contribution in [2.75, 3.05) is 11.9 Å². The smallest absolute Gasteiger partial charge is 0.243 e. The van der Waals surface area contributed by atoms with Gasteiger partial charge < -0.3 is 9.84 Å². The van der Waals surface area contributed by atoms with Crippen molar-refractivity contribution in [3.63, 3.8) is 0 Å². The fraction of sp³-hybridized carbons (Fsp3) is 0.286. The zero-order valence-electron chi connectivity index (χ0n) is 10.4. The summed E-state index contributed by atoms with van der Waals surface area (Å²) in [5.74, 6) is 0.344. The Morgan fingerprint density at radius 3 is 2.95 bits per heavy atom. The van der Waals surface area contributed by atoms with Gasteiger partial charge in [0, 0.05) is 0 Å². The summed E-state index contributed by atoms with van der Waals surface area (Å²) in [7, 11) is 0. The standard InChI is InChI=1S/C14H15N3O2/c18-13(12-7-4-8-15-12)17-14-11(9-16-19-14)10-5-2-1-3-6-10/h1-3,5-6,9,12,15H,4,7-8H2,(H,17,18). The summed E-state index contributed by atoms with van der Waals surface area (Å²) >= 11 is 0. The highest BCUT2D eigenvalue weighted by Crippen LogP contribution is 2.27. The summed E-state index contributed by atoms with van der Waals surface area (Å²) in [6, 6.07) is 9.59. The highest BCUT2D eigenvalue weighted by molar-refractivity contribution is 5.96. The summed E-state index contributed by atoms with van der Waals surface area (Å²) in [6.45, 7) is 0.889.